The fraction of sp³-hybridized carbons (Fsp3) is 0.429. The third-order valence-electron chi connectivity index (χ3n) is 3.43. The number of carbonyl (C=O) groups is 2. The Hall–Kier alpha value is -2.04. The molecule has 0 aliphatic heterocycles. The lowest BCUT2D eigenvalue weighted by atomic mass is 10.1. The molecule has 0 saturated heterocycles. The average molecular weight is 263 g/mol. The van der Waals surface area contributed by atoms with Gasteiger partial charge in [-0.3, -0.25) is 4.79 Å². The highest BCUT2D eigenvalue weighted by Gasteiger charge is 2.62. The molecule has 1 amide bonds. The molecular weight excluding hydrogens is 246 g/mol. The number of esters is 1. The molecule has 2 atom stereocenters. The van der Waals surface area contributed by atoms with E-state index in [0.717, 1.165) is 11.3 Å². The SMILES string of the molecule is COC(=O)[C@@]1(NC(C)=O)C[C@@H]1c1ccc(OC)cc1. The highest BCUT2D eigenvalue weighted by Crippen LogP contribution is 2.52. The molecule has 0 unspecified atom stereocenters. The highest BCUT2D eigenvalue weighted by molar-refractivity contribution is 5.92. The molecule has 1 aromatic rings. The second-order valence-corrected chi connectivity index (χ2v) is 4.67. The maximum Gasteiger partial charge on any atom is 0.332 e. The summed E-state index contributed by atoms with van der Waals surface area (Å²) in [6.45, 7) is 1.40. The van der Waals surface area contributed by atoms with E-state index < -0.39 is 11.5 Å². The molecule has 5 heteroatoms. The zero-order valence-electron chi connectivity index (χ0n) is 11.2. The van der Waals surface area contributed by atoms with Crippen molar-refractivity contribution in [1.29, 1.82) is 0 Å². The topological polar surface area (TPSA) is 64.6 Å². The number of hydrogen-bond donors (Lipinski definition) is 1. The summed E-state index contributed by atoms with van der Waals surface area (Å²) in [6.07, 6.45) is 0.561. The first kappa shape index (κ1) is 13.4. The summed E-state index contributed by atoms with van der Waals surface area (Å²) in [6, 6.07) is 7.47. The van der Waals surface area contributed by atoms with Gasteiger partial charge in [0.05, 0.1) is 14.2 Å². The average Bonchev–Trinajstić information content (AvgIpc) is 3.12. The Kier molecular flexibility index (Phi) is 3.46. The summed E-state index contributed by atoms with van der Waals surface area (Å²) in [5.74, 6) is 0.0762. The zero-order chi connectivity index (χ0) is 14.0. The molecular formula is C14H17NO4. The molecule has 0 bridgehead atoms. The maximum atomic E-state index is 11.9. The number of carbonyl (C=O) groups excluding carboxylic acids is 2. The molecule has 1 aliphatic carbocycles. The van der Waals surface area contributed by atoms with Crippen LogP contribution in [0.2, 0.25) is 0 Å². The summed E-state index contributed by atoms with van der Waals surface area (Å²) in [5.41, 5.74) is 0.0785. The number of nitrogens with one attached hydrogen (secondary N) is 1. The number of rotatable bonds is 4. The molecule has 2 rings (SSSR count). The largest absolute Gasteiger partial charge is 0.497 e. The van der Waals surface area contributed by atoms with Gasteiger partial charge in [0.2, 0.25) is 5.91 Å². The highest BCUT2D eigenvalue weighted by atomic mass is 16.5. The monoisotopic (exact) mass is 263 g/mol. The predicted octanol–water partition coefficient (Wildman–Crippen LogP) is 1.23. The molecule has 1 N–H and O–H groups in total. The molecule has 1 fully saturated rings. The standard InChI is InChI=1S/C14H17NO4/c1-9(16)15-14(13(17)19-3)8-12(14)10-4-6-11(18-2)7-5-10/h4-7,12H,8H2,1-3H3,(H,15,16)/t12-,14-/m1/s1. The van der Waals surface area contributed by atoms with Gasteiger partial charge in [-0.15, -0.1) is 0 Å². The molecule has 19 heavy (non-hydrogen) atoms. The van der Waals surface area contributed by atoms with Gasteiger partial charge in [0.1, 0.15) is 11.3 Å². The number of methoxy groups -OCH3 is 2. The first-order valence-corrected chi connectivity index (χ1v) is 6.04. The van der Waals surface area contributed by atoms with Crippen LogP contribution in [0.4, 0.5) is 0 Å². The molecule has 0 radical (unpaired) electrons. The fourth-order valence-corrected chi connectivity index (χ4v) is 2.41. The van der Waals surface area contributed by atoms with Crippen LogP contribution in [0.1, 0.15) is 24.8 Å². The van der Waals surface area contributed by atoms with Gasteiger partial charge in [0.15, 0.2) is 0 Å². The van der Waals surface area contributed by atoms with Crippen molar-refractivity contribution in [3.05, 3.63) is 29.8 Å². The molecule has 5 nitrogen and oxygen atoms in total. The number of benzene rings is 1. The van der Waals surface area contributed by atoms with Gasteiger partial charge in [0, 0.05) is 12.8 Å². The van der Waals surface area contributed by atoms with E-state index in [0.29, 0.717) is 6.42 Å². The molecule has 1 saturated carbocycles. The summed E-state index contributed by atoms with van der Waals surface area (Å²) in [4.78, 5) is 23.1. The minimum absolute atomic E-state index is 0.0465. The van der Waals surface area contributed by atoms with Crippen molar-refractivity contribution in [3.63, 3.8) is 0 Å². The van der Waals surface area contributed by atoms with Gasteiger partial charge in [-0.05, 0) is 24.1 Å². The third-order valence-corrected chi connectivity index (χ3v) is 3.43. The Morgan fingerprint density at radius 2 is 1.89 bits per heavy atom. The Bertz CT molecular complexity index is 497. The Morgan fingerprint density at radius 3 is 2.37 bits per heavy atom. The van der Waals surface area contributed by atoms with Crippen LogP contribution in [0.15, 0.2) is 24.3 Å². The van der Waals surface area contributed by atoms with Gasteiger partial charge < -0.3 is 14.8 Å². The second-order valence-electron chi connectivity index (χ2n) is 4.67. The van der Waals surface area contributed by atoms with Crippen molar-refractivity contribution in [2.45, 2.75) is 24.8 Å². The van der Waals surface area contributed by atoms with Crippen LogP contribution in [0, 0.1) is 0 Å². The lowest BCUT2D eigenvalue weighted by Gasteiger charge is -2.16. The zero-order valence-corrected chi connectivity index (χ0v) is 11.2. The van der Waals surface area contributed by atoms with Crippen LogP contribution < -0.4 is 10.1 Å². The number of amides is 1. The second kappa shape index (κ2) is 4.91. The van der Waals surface area contributed by atoms with E-state index in [1.54, 1.807) is 7.11 Å². The van der Waals surface area contributed by atoms with Gasteiger partial charge in [-0.25, -0.2) is 4.79 Å². The first-order chi connectivity index (χ1) is 9.03. The van der Waals surface area contributed by atoms with Crippen LogP contribution in [-0.4, -0.2) is 31.6 Å². The summed E-state index contributed by atoms with van der Waals surface area (Å²) in [7, 11) is 2.93. The Labute approximate surface area is 111 Å². The van der Waals surface area contributed by atoms with Crippen LogP contribution in [0.5, 0.6) is 5.75 Å². The molecule has 1 aliphatic rings. The van der Waals surface area contributed by atoms with Crippen LogP contribution >= 0.6 is 0 Å². The quantitative estimate of drug-likeness (QED) is 0.830. The van der Waals surface area contributed by atoms with E-state index in [-0.39, 0.29) is 11.8 Å². The number of ether oxygens (including phenoxy) is 2. The maximum absolute atomic E-state index is 11.9. The summed E-state index contributed by atoms with van der Waals surface area (Å²) in [5, 5.41) is 2.71. The van der Waals surface area contributed by atoms with Crippen LogP contribution in [-0.2, 0) is 14.3 Å². The lowest BCUT2D eigenvalue weighted by molar-refractivity contribution is -0.146. The van der Waals surface area contributed by atoms with Crippen molar-refractivity contribution in [1.82, 2.24) is 5.32 Å². The first-order valence-electron chi connectivity index (χ1n) is 6.04. The lowest BCUT2D eigenvalue weighted by Crippen LogP contribution is -2.44. The predicted molar refractivity (Wildman–Crippen MR) is 68.9 cm³/mol. The minimum atomic E-state index is -0.908. The normalized spacial score (nSPS) is 24.5. The van der Waals surface area contributed by atoms with Crippen molar-refractivity contribution in [3.8, 4) is 5.75 Å². The van der Waals surface area contributed by atoms with Crippen LogP contribution in [0.25, 0.3) is 0 Å². The Balaban J connectivity index is 2.21. The van der Waals surface area contributed by atoms with Crippen molar-refractivity contribution < 1.29 is 19.1 Å². The van der Waals surface area contributed by atoms with Crippen LogP contribution in [0.3, 0.4) is 0 Å². The third kappa shape index (κ3) is 2.41. The van der Waals surface area contributed by atoms with E-state index in [4.69, 9.17) is 9.47 Å². The van der Waals surface area contributed by atoms with Crippen molar-refractivity contribution in [2.75, 3.05) is 14.2 Å². The summed E-state index contributed by atoms with van der Waals surface area (Å²) >= 11 is 0. The van der Waals surface area contributed by atoms with Gasteiger partial charge >= 0.3 is 5.97 Å². The van der Waals surface area contributed by atoms with E-state index in [1.807, 2.05) is 24.3 Å². The minimum Gasteiger partial charge on any atom is -0.497 e. The molecule has 102 valence electrons. The van der Waals surface area contributed by atoms with E-state index in [1.165, 1.54) is 14.0 Å². The van der Waals surface area contributed by atoms with E-state index in [2.05, 4.69) is 5.32 Å². The fourth-order valence-electron chi connectivity index (χ4n) is 2.41. The van der Waals surface area contributed by atoms with E-state index >= 15 is 0 Å². The molecule has 0 spiro atoms. The molecule has 1 aromatic carbocycles. The van der Waals surface area contributed by atoms with Gasteiger partial charge in [0.25, 0.3) is 0 Å². The van der Waals surface area contributed by atoms with Gasteiger partial charge in [-0.2, -0.15) is 0 Å². The van der Waals surface area contributed by atoms with Gasteiger partial charge in [-0.1, -0.05) is 12.1 Å². The van der Waals surface area contributed by atoms with Crippen molar-refractivity contribution in [2.24, 2.45) is 0 Å². The smallest absolute Gasteiger partial charge is 0.332 e. The summed E-state index contributed by atoms with van der Waals surface area (Å²) < 4.78 is 9.89. The molecule has 0 aromatic heterocycles. The number of hydrogen-bond acceptors (Lipinski definition) is 4. The Morgan fingerprint density at radius 1 is 1.26 bits per heavy atom. The van der Waals surface area contributed by atoms with E-state index in [9.17, 15) is 9.59 Å². The van der Waals surface area contributed by atoms with Crippen molar-refractivity contribution >= 4 is 11.9 Å². The molecule has 0 heterocycles.